The molecule has 0 aliphatic carbocycles. The Bertz CT molecular complexity index is 829. The van der Waals surface area contributed by atoms with E-state index >= 15 is 0 Å². The maximum Gasteiger partial charge on any atom is 0.251 e. The molecule has 1 unspecified atom stereocenters. The Labute approximate surface area is 161 Å². The van der Waals surface area contributed by atoms with Crippen LogP contribution < -0.4 is 10.1 Å². The third-order valence-corrected chi connectivity index (χ3v) is 4.53. The van der Waals surface area contributed by atoms with Gasteiger partial charge in [-0.15, -0.1) is 0 Å². The van der Waals surface area contributed by atoms with Crippen LogP contribution in [0, 0.1) is 0 Å². The van der Waals surface area contributed by atoms with Crippen LogP contribution in [0.3, 0.4) is 0 Å². The van der Waals surface area contributed by atoms with E-state index < -0.39 is 0 Å². The fourth-order valence-corrected chi connectivity index (χ4v) is 2.98. The fourth-order valence-electron chi connectivity index (χ4n) is 2.98. The molecule has 0 saturated heterocycles. The Kier molecular flexibility index (Phi) is 6.64. The molecule has 0 radical (unpaired) electrons. The van der Waals surface area contributed by atoms with Crippen LogP contribution in [0.1, 0.15) is 40.9 Å². The van der Waals surface area contributed by atoms with Crippen molar-refractivity contribution in [3.8, 4) is 5.75 Å². The Morgan fingerprint density at radius 2 is 1.52 bits per heavy atom. The number of amides is 1. The first-order valence-corrected chi connectivity index (χ1v) is 9.39. The van der Waals surface area contributed by atoms with Crippen molar-refractivity contribution < 1.29 is 9.53 Å². The molecule has 0 aromatic heterocycles. The van der Waals surface area contributed by atoms with Gasteiger partial charge in [0.25, 0.3) is 5.91 Å². The summed E-state index contributed by atoms with van der Waals surface area (Å²) in [5, 5.41) is 3.10. The molecule has 0 saturated carbocycles. The molecule has 3 aromatic carbocycles. The highest BCUT2D eigenvalue weighted by molar-refractivity contribution is 5.94. The number of carbonyl (C=O) groups excluding carboxylic acids is 1. The summed E-state index contributed by atoms with van der Waals surface area (Å²) in [6, 6.07) is 27.6. The zero-order valence-electron chi connectivity index (χ0n) is 15.6. The minimum atomic E-state index is -0.0680. The van der Waals surface area contributed by atoms with E-state index in [1.807, 2.05) is 72.8 Å². The minimum absolute atomic E-state index is 0.0144. The van der Waals surface area contributed by atoms with E-state index in [1.54, 1.807) is 0 Å². The SMILES string of the molecule is CCC(NC(=O)c1ccc(OCCc2ccccc2)cc1)c1ccccc1. The number of carbonyl (C=O) groups is 1. The highest BCUT2D eigenvalue weighted by atomic mass is 16.5. The number of benzene rings is 3. The predicted molar refractivity (Wildman–Crippen MR) is 109 cm³/mol. The van der Waals surface area contributed by atoms with Gasteiger partial charge in [-0.25, -0.2) is 0 Å². The predicted octanol–water partition coefficient (Wildman–Crippen LogP) is 5.19. The van der Waals surface area contributed by atoms with Crippen LogP contribution in [0.15, 0.2) is 84.9 Å². The molecule has 3 heteroatoms. The lowest BCUT2D eigenvalue weighted by Gasteiger charge is -2.17. The molecule has 3 nitrogen and oxygen atoms in total. The maximum absolute atomic E-state index is 12.5. The highest BCUT2D eigenvalue weighted by Crippen LogP contribution is 2.18. The second kappa shape index (κ2) is 9.58. The molecule has 138 valence electrons. The van der Waals surface area contributed by atoms with Crippen LogP contribution in [-0.4, -0.2) is 12.5 Å². The Balaban J connectivity index is 1.53. The van der Waals surface area contributed by atoms with Crippen molar-refractivity contribution in [1.29, 1.82) is 0 Å². The summed E-state index contributed by atoms with van der Waals surface area (Å²) in [5.41, 5.74) is 3.01. The molecule has 0 aliphatic heterocycles. The van der Waals surface area contributed by atoms with Crippen molar-refractivity contribution in [3.05, 3.63) is 102 Å². The molecular formula is C24H25NO2. The lowest BCUT2D eigenvalue weighted by molar-refractivity contribution is 0.0935. The van der Waals surface area contributed by atoms with Crippen molar-refractivity contribution >= 4 is 5.91 Å². The zero-order valence-corrected chi connectivity index (χ0v) is 15.6. The van der Waals surface area contributed by atoms with E-state index in [0.29, 0.717) is 12.2 Å². The highest BCUT2D eigenvalue weighted by Gasteiger charge is 2.13. The van der Waals surface area contributed by atoms with E-state index in [1.165, 1.54) is 5.56 Å². The standard InChI is InChI=1S/C24H25NO2/c1-2-23(20-11-7-4-8-12-20)25-24(26)21-13-15-22(16-14-21)27-18-17-19-9-5-3-6-10-19/h3-16,23H,2,17-18H2,1H3,(H,25,26). The number of ether oxygens (including phenoxy) is 1. The van der Waals surface area contributed by atoms with Crippen LogP contribution in [0.25, 0.3) is 0 Å². The van der Waals surface area contributed by atoms with Crippen molar-refractivity contribution in [2.24, 2.45) is 0 Å². The normalized spacial score (nSPS) is 11.6. The smallest absolute Gasteiger partial charge is 0.251 e. The van der Waals surface area contributed by atoms with Crippen molar-refractivity contribution in [2.75, 3.05) is 6.61 Å². The van der Waals surface area contributed by atoms with Gasteiger partial charge in [0.1, 0.15) is 5.75 Å². The first kappa shape index (κ1) is 18.7. The quantitative estimate of drug-likeness (QED) is 0.601. The van der Waals surface area contributed by atoms with Crippen LogP contribution in [0.2, 0.25) is 0 Å². The van der Waals surface area contributed by atoms with Gasteiger partial charge in [0.05, 0.1) is 12.6 Å². The molecule has 1 atom stereocenters. The van der Waals surface area contributed by atoms with Gasteiger partial charge in [0.15, 0.2) is 0 Å². The second-order valence-electron chi connectivity index (χ2n) is 6.45. The first-order chi connectivity index (χ1) is 13.3. The average molecular weight is 359 g/mol. The van der Waals surface area contributed by atoms with Gasteiger partial charge >= 0.3 is 0 Å². The molecule has 0 bridgehead atoms. The number of rotatable bonds is 8. The fraction of sp³-hybridized carbons (Fsp3) is 0.208. The van der Waals surface area contributed by atoms with Crippen molar-refractivity contribution in [1.82, 2.24) is 5.32 Å². The first-order valence-electron chi connectivity index (χ1n) is 9.39. The van der Waals surface area contributed by atoms with E-state index in [0.717, 1.165) is 24.2 Å². The van der Waals surface area contributed by atoms with Gasteiger partial charge in [-0.1, -0.05) is 67.6 Å². The minimum Gasteiger partial charge on any atom is -0.493 e. The van der Waals surface area contributed by atoms with E-state index in [4.69, 9.17) is 4.74 Å². The lowest BCUT2D eigenvalue weighted by Crippen LogP contribution is -2.28. The molecule has 0 heterocycles. The van der Waals surface area contributed by atoms with E-state index in [-0.39, 0.29) is 11.9 Å². The van der Waals surface area contributed by atoms with Gasteiger partial charge in [-0.05, 0) is 41.8 Å². The van der Waals surface area contributed by atoms with Gasteiger partial charge in [0, 0.05) is 12.0 Å². The van der Waals surface area contributed by atoms with Gasteiger partial charge in [0.2, 0.25) is 0 Å². The van der Waals surface area contributed by atoms with Crippen LogP contribution in [-0.2, 0) is 6.42 Å². The molecule has 1 amide bonds. The van der Waals surface area contributed by atoms with Crippen molar-refractivity contribution in [3.63, 3.8) is 0 Å². The Morgan fingerprint density at radius 1 is 0.889 bits per heavy atom. The molecule has 0 spiro atoms. The van der Waals surface area contributed by atoms with Crippen LogP contribution >= 0.6 is 0 Å². The summed E-state index contributed by atoms with van der Waals surface area (Å²) >= 11 is 0. The topological polar surface area (TPSA) is 38.3 Å². The number of hydrogen-bond acceptors (Lipinski definition) is 2. The summed E-state index contributed by atoms with van der Waals surface area (Å²) in [6.07, 6.45) is 1.70. The average Bonchev–Trinajstić information content (AvgIpc) is 2.74. The Morgan fingerprint density at radius 3 is 2.15 bits per heavy atom. The van der Waals surface area contributed by atoms with E-state index in [2.05, 4.69) is 24.4 Å². The third kappa shape index (κ3) is 5.45. The molecule has 1 N–H and O–H groups in total. The van der Waals surface area contributed by atoms with Gasteiger partial charge < -0.3 is 10.1 Å². The summed E-state index contributed by atoms with van der Waals surface area (Å²) in [5.74, 6) is 0.708. The maximum atomic E-state index is 12.5. The number of nitrogens with one attached hydrogen (secondary N) is 1. The molecule has 0 aliphatic rings. The monoisotopic (exact) mass is 359 g/mol. The third-order valence-electron chi connectivity index (χ3n) is 4.53. The molecular weight excluding hydrogens is 334 g/mol. The largest absolute Gasteiger partial charge is 0.493 e. The second-order valence-corrected chi connectivity index (χ2v) is 6.45. The molecule has 3 aromatic rings. The molecule has 0 fully saturated rings. The summed E-state index contributed by atoms with van der Waals surface area (Å²) in [4.78, 5) is 12.5. The lowest BCUT2D eigenvalue weighted by atomic mass is 10.0. The zero-order chi connectivity index (χ0) is 18.9. The van der Waals surface area contributed by atoms with Crippen molar-refractivity contribution in [2.45, 2.75) is 25.8 Å². The van der Waals surface area contributed by atoms with Crippen LogP contribution in [0.4, 0.5) is 0 Å². The summed E-state index contributed by atoms with van der Waals surface area (Å²) in [7, 11) is 0. The summed E-state index contributed by atoms with van der Waals surface area (Å²) in [6.45, 7) is 2.68. The number of hydrogen-bond donors (Lipinski definition) is 1. The van der Waals surface area contributed by atoms with E-state index in [9.17, 15) is 4.79 Å². The molecule has 27 heavy (non-hydrogen) atoms. The van der Waals surface area contributed by atoms with Gasteiger partial charge in [-0.2, -0.15) is 0 Å². The molecule has 3 rings (SSSR count). The van der Waals surface area contributed by atoms with Gasteiger partial charge in [-0.3, -0.25) is 4.79 Å². The summed E-state index contributed by atoms with van der Waals surface area (Å²) < 4.78 is 5.78. The Hall–Kier alpha value is -3.07. The van der Waals surface area contributed by atoms with Crippen LogP contribution in [0.5, 0.6) is 5.75 Å².